The van der Waals surface area contributed by atoms with Gasteiger partial charge < -0.3 is 25.0 Å². The predicted molar refractivity (Wildman–Crippen MR) is 132 cm³/mol. The van der Waals surface area contributed by atoms with Gasteiger partial charge in [-0.3, -0.25) is 4.79 Å². The number of piperidine rings is 1. The Balaban J connectivity index is 1.54. The first-order valence-corrected chi connectivity index (χ1v) is 11.4. The van der Waals surface area contributed by atoms with Crippen LogP contribution in [-0.2, 0) is 4.79 Å². The summed E-state index contributed by atoms with van der Waals surface area (Å²) in [5, 5.41) is 5.76. The number of ether oxygens (including phenoxy) is 2. The Morgan fingerprint density at radius 1 is 0.914 bits per heavy atom. The van der Waals surface area contributed by atoms with E-state index in [2.05, 4.69) is 10.6 Å². The summed E-state index contributed by atoms with van der Waals surface area (Å²) in [6, 6.07) is 20.3. The van der Waals surface area contributed by atoms with Crippen molar-refractivity contribution in [3.8, 4) is 11.5 Å². The van der Waals surface area contributed by atoms with E-state index in [4.69, 9.17) is 9.47 Å². The molecule has 0 aliphatic carbocycles. The zero-order chi connectivity index (χ0) is 24.8. The first kappa shape index (κ1) is 24.1. The Bertz CT molecular complexity index is 1170. The smallest absolute Gasteiger partial charge is 0.321 e. The van der Waals surface area contributed by atoms with Gasteiger partial charge in [-0.15, -0.1) is 0 Å². The van der Waals surface area contributed by atoms with Gasteiger partial charge in [-0.05, 0) is 48.4 Å². The Morgan fingerprint density at radius 2 is 1.66 bits per heavy atom. The van der Waals surface area contributed by atoms with Crippen molar-refractivity contribution >= 4 is 23.3 Å². The number of nitrogens with one attached hydrogen (secondary N) is 2. The van der Waals surface area contributed by atoms with E-state index < -0.39 is 5.92 Å². The van der Waals surface area contributed by atoms with Crippen LogP contribution in [0.2, 0.25) is 0 Å². The van der Waals surface area contributed by atoms with E-state index >= 15 is 0 Å². The molecular formula is C27H28FN3O4. The van der Waals surface area contributed by atoms with Crippen molar-refractivity contribution in [1.82, 2.24) is 4.90 Å². The highest BCUT2D eigenvalue weighted by Gasteiger charge is 2.35. The summed E-state index contributed by atoms with van der Waals surface area (Å²) < 4.78 is 23.9. The van der Waals surface area contributed by atoms with Gasteiger partial charge in [-0.25, -0.2) is 9.18 Å². The standard InChI is InChI=1S/C27H28FN3O4/c1-34-23-12-13-24(25(15-23)35-2)30-26(32)20-14-19(18-6-4-3-5-7-18)16-31(17-20)27(33)29-22-10-8-21(28)9-11-22/h3-13,15,19-20H,14,16-17H2,1-2H3,(H,29,33)(H,30,32)/t19-,20-/m0/s1. The number of carbonyl (C=O) groups is 2. The molecular weight excluding hydrogens is 449 g/mol. The fourth-order valence-electron chi connectivity index (χ4n) is 4.29. The van der Waals surface area contributed by atoms with E-state index in [0.29, 0.717) is 35.8 Å². The highest BCUT2D eigenvalue weighted by molar-refractivity contribution is 5.95. The zero-order valence-electron chi connectivity index (χ0n) is 19.7. The van der Waals surface area contributed by atoms with E-state index in [1.807, 2.05) is 30.3 Å². The molecule has 2 atom stereocenters. The van der Waals surface area contributed by atoms with Crippen molar-refractivity contribution in [1.29, 1.82) is 0 Å². The van der Waals surface area contributed by atoms with Gasteiger partial charge in [0.2, 0.25) is 5.91 Å². The summed E-state index contributed by atoms with van der Waals surface area (Å²) in [7, 11) is 3.09. The van der Waals surface area contributed by atoms with Crippen LogP contribution < -0.4 is 20.1 Å². The van der Waals surface area contributed by atoms with Crippen molar-refractivity contribution in [2.45, 2.75) is 12.3 Å². The minimum Gasteiger partial charge on any atom is -0.497 e. The molecule has 0 radical (unpaired) electrons. The lowest BCUT2D eigenvalue weighted by molar-refractivity contribution is -0.121. The van der Waals surface area contributed by atoms with E-state index in [1.54, 1.807) is 30.2 Å². The van der Waals surface area contributed by atoms with E-state index in [-0.39, 0.29) is 30.2 Å². The van der Waals surface area contributed by atoms with Crippen molar-refractivity contribution in [3.05, 3.63) is 84.2 Å². The van der Waals surface area contributed by atoms with E-state index in [0.717, 1.165) is 5.56 Å². The number of urea groups is 1. The highest BCUT2D eigenvalue weighted by Crippen LogP contribution is 2.33. The number of methoxy groups -OCH3 is 2. The van der Waals surface area contributed by atoms with Crippen LogP contribution in [0.25, 0.3) is 0 Å². The molecule has 1 saturated heterocycles. The van der Waals surface area contributed by atoms with Crippen LogP contribution in [0.3, 0.4) is 0 Å². The largest absolute Gasteiger partial charge is 0.497 e. The molecule has 1 fully saturated rings. The number of hydrogen-bond acceptors (Lipinski definition) is 4. The van der Waals surface area contributed by atoms with Gasteiger partial charge in [0, 0.05) is 30.8 Å². The number of hydrogen-bond donors (Lipinski definition) is 2. The predicted octanol–water partition coefficient (Wildman–Crippen LogP) is 5.12. The number of amides is 3. The summed E-state index contributed by atoms with van der Waals surface area (Å²) in [5.74, 6) is 0.0611. The van der Waals surface area contributed by atoms with Gasteiger partial charge in [0.15, 0.2) is 0 Å². The van der Waals surface area contributed by atoms with Crippen LogP contribution in [-0.4, -0.2) is 44.1 Å². The summed E-state index contributed by atoms with van der Waals surface area (Å²) in [4.78, 5) is 28.1. The van der Waals surface area contributed by atoms with Gasteiger partial charge >= 0.3 is 6.03 Å². The summed E-state index contributed by atoms with van der Waals surface area (Å²) in [6.07, 6.45) is 0.592. The van der Waals surface area contributed by atoms with Gasteiger partial charge in [-0.1, -0.05) is 30.3 Å². The average Bonchev–Trinajstić information content (AvgIpc) is 2.90. The molecule has 3 amide bonds. The van der Waals surface area contributed by atoms with E-state index in [9.17, 15) is 14.0 Å². The molecule has 182 valence electrons. The van der Waals surface area contributed by atoms with Crippen LogP contribution in [0.1, 0.15) is 17.9 Å². The number of carbonyl (C=O) groups excluding carboxylic acids is 2. The van der Waals surface area contributed by atoms with Crippen molar-refractivity contribution < 1.29 is 23.5 Å². The second-order valence-electron chi connectivity index (χ2n) is 8.44. The summed E-state index contributed by atoms with van der Waals surface area (Å²) >= 11 is 0. The second kappa shape index (κ2) is 10.9. The van der Waals surface area contributed by atoms with Crippen molar-refractivity contribution in [3.63, 3.8) is 0 Å². The maximum Gasteiger partial charge on any atom is 0.321 e. The normalized spacial score (nSPS) is 17.4. The van der Waals surface area contributed by atoms with Crippen LogP contribution in [0.5, 0.6) is 11.5 Å². The Hall–Kier alpha value is -4.07. The van der Waals surface area contributed by atoms with Crippen LogP contribution in [0, 0.1) is 11.7 Å². The maximum atomic E-state index is 13.3. The molecule has 1 aliphatic rings. The Labute approximate surface area is 203 Å². The molecule has 0 bridgehead atoms. The monoisotopic (exact) mass is 477 g/mol. The molecule has 1 aliphatic heterocycles. The van der Waals surface area contributed by atoms with E-state index in [1.165, 1.54) is 31.4 Å². The minimum absolute atomic E-state index is 0.0163. The number of benzene rings is 3. The summed E-state index contributed by atoms with van der Waals surface area (Å²) in [5.41, 5.74) is 2.08. The quantitative estimate of drug-likeness (QED) is 0.517. The first-order valence-electron chi connectivity index (χ1n) is 11.4. The molecule has 8 heteroatoms. The molecule has 35 heavy (non-hydrogen) atoms. The number of likely N-dealkylation sites (tertiary alicyclic amines) is 1. The lowest BCUT2D eigenvalue weighted by Crippen LogP contribution is -2.48. The molecule has 0 spiro atoms. The number of nitrogens with zero attached hydrogens (tertiary/aromatic N) is 1. The third kappa shape index (κ3) is 5.90. The molecule has 7 nitrogen and oxygen atoms in total. The van der Waals surface area contributed by atoms with Gasteiger partial charge in [0.1, 0.15) is 17.3 Å². The number of anilines is 2. The van der Waals surface area contributed by atoms with Gasteiger partial charge in [-0.2, -0.15) is 0 Å². The third-order valence-electron chi connectivity index (χ3n) is 6.14. The summed E-state index contributed by atoms with van der Waals surface area (Å²) in [6.45, 7) is 0.716. The number of rotatable bonds is 6. The molecule has 1 heterocycles. The minimum atomic E-state index is -0.445. The van der Waals surface area contributed by atoms with Crippen LogP contribution >= 0.6 is 0 Å². The molecule has 3 aromatic carbocycles. The molecule has 0 saturated carbocycles. The van der Waals surface area contributed by atoms with Crippen molar-refractivity contribution in [2.75, 3.05) is 37.9 Å². The van der Waals surface area contributed by atoms with Gasteiger partial charge in [0.25, 0.3) is 0 Å². The van der Waals surface area contributed by atoms with Crippen LogP contribution in [0.4, 0.5) is 20.6 Å². The SMILES string of the molecule is COc1ccc(NC(=O)[C@H]2C[C@H](c3ccccc3)CN(C(=O)Nc3ccc(F)cc3)C2)c(OC)c1. The topological polar surface area (TPSA) is 79.9 Å². The average molecular weight is 478 g/mol. The molecule has 3 aromatic rings. The first-order chi connectivity index (χ1) is 17.0. The zero-order valence-corrected chi connectivity index (χ0v) is 19.7. The van der Waals surface area contributed by atoms with Crippen LogP contribution in [0.15, 0.2) is 72.8 Å². The molecule has 2 N–H and O–H groups in total. The second-order valence-corrected chi connectivity index (χ2v) is 8.44. The Morgan fingerprint density at radius 3 is 2.34 bits per heavy atom. The third-order valence-corrected chi connectivity index (χ3v) is 6.14. The molecule has 0 unspecified atom stereocenters. The van der Waals surface area contributed by atoms with Crippen molar-refractivity contribution in [2.24, 2.45) is 5.92 Å². The lowest BCUT2D eigenvalue weighted by Gasteiger charge is -2.37. The maximum absolute atomic E-state index is 13.3. The molecule has 4 rings (SSSR count). The highest BCUT2D eigenvalue weighted by atomic mass is 19.1. The lowest BCUT2D eigenvalue weighted by atomic mass is 9.84. The fourth-order valence-corrected chi connectivity index (χ4v) is 4.29. The van der Waals surface area contributed by atoms with Gasteiger partial charge in [0.05, 0.1) is 25.8 Å². The fraction of sp³-hybridized carbons (Fsp3) is 0.259. The molecule has 0 aromatic heterocycles. The Kier molecular flexibility index (Phi) is 7.50. The number of halogens is 1.